The third kappa shape index (κ3) is 3.82. The molecule has 0 bridgehead atoms. The zero-order valence-corrected chi connectivity index (χ0v) is 8.90. The molecule has 0 saturated carbocycles. The molecule has 1 saturated heterocycles. The van der Waals surface area contributed by atoms with Crippen LogP contribution in [0, 0.1) is 5.92 Å². The zero-order valence-electron chi connectivity index (χ0n) is 7.26. The summed E-state index contributed by atoms with van der Waals surface area (Å²) in [5, 5.41) is 3.02. The van der Waals surface area contributed by atoms with Crippen LogP contribution in [0.15, 0.2) is 0 Å². The summed E-state index contributed by atoms with van der Waals surface area (Å²) in [6.07, 6.45) is 1.52. The molecule has 2 atom stereocenters. The van der Waals surface area contributed by atoms with Gasteiger partial charge in [-0.2, -0.15) is 20.2 Å². The van der Waals surface area contributed by atoms with Crippen molar-refractivity contribution >= 4 is 22.2 Å². The first-order valence-electron chi connectivity index (χ1n) is 3.88. The molecule has 13 heavy (non-hydrogen) atoms. The molecule has 0 spiro atoms. The highest BCUT2D eigenvalue weighted by Crippen LogP contribution is 2.18. The SMILES string of the molecule is CSCC1CNCC1OS(=O)(=O)O. The van der Waals surface area contributed by atoms with Crippen molar-refractivity contribution in [2.45, 2.75) is 6.10 Å². The van der Waals surface area contributed by atoms with E-state index < -0.39 is 16.5 Å². The lowest BCUT2D eigenvalue weighted by atomic mass is 10.1. The molecule has 1 aliphatic heterocycles. The Hall–Kier alpha value is 0.180. The number of thioether (sulfide) groups is 1. The quantitative estimate of drug-likeness (QED) is 0.645. The van der Waals surface area contributed by atoms with Gasteiger partial charge in [-0.25, -0.2) is 4.18 Å². The Labute approximate surface area is 82.2 Å². The molecule has 1 heterocycles. The van der Waals surface area contributed by atoms with E-state index in [1.54, 1.807) is 11.8 Å². The maximum Gasteiger partial charge on any atom is 0.397 e. The van der Waals surface area contributed by atoms with Gasteiger partial charge in [0.15, 0.2) is 0 Å². The number of nitrogens with one attached hydrogen (secondary N) is 1. The van der Waals surface area contributed by atoms with Crippen molar-refractivity contribution in [3.05, 3.63) is 0 Å². The van der Waals surface area contributed by atoms with Gasteiger partial charge in [-0.1, -0.05) is 0 Å². The van der Waals surface area contributed by atoms with Crippen molar-refractivity contribution in [1.29, 1.82) is 0 Å². The third-order valence-corrected chi connectivity index (χ3v) is 3.16. The van der Waals surface area contributed by atoms with E-state index in [0.29, 0.717) is 6.54 Å². The van der Waals surface area contributed by atoms with Gasteiger partial charge in [-0.3, -0.25) is 4.55 Å². The van der Waals surface area contributed by atoms with Crippen LogP contribution in [-0.4, -0.2) is 44.2 Å². The van der Waals surface area contributed by atoms with Crippen molar-refractivity contribution < 1.29 is 17.2 Å². The van der Waals surface area contributed by atoms with Crippen LogP contribution in [0.4, 0.5) is 0 Å². The van der Waals surface area contributed by atoms with E-state index in [-0.39, 0.29) is 5.92 Å². The van der Waals surface area contributed by atoms with Gasteiger partial charge in [0.1, 0.15) is 0 Å². The minimum absolute atomic E-state index is 0.150. The van der Waals surface area contributed by atoms with Crippen LogP contribution in [0.3, 0.4) is 0 Å². The van der Waals surface area contributed by atoms with Crippen molar-refractivity contribution in [3.8, 4) is 0 Å². The van der Waals surface area contributed by atoms with E-state index in [9.17, 15) is 8.42 Å². The third-order valence-electron chi connectivity index (χ3n) is 1.90. The summed E-state index contributed by atoms with van der Waals surface area (Å²) in [6.45, 7) is 1.21. The minimum Gasteiger partial charge on any atom is -0.314 e. The molecule has 0 aromatic carbocycles. The molecular weight excluding hydrogens is 214 g/mol. The van der Waals surface area contributed by atoms with Gasteiger partial charge in [0, 0.05) is 19.0 Å². The smallest absolute Gasteiger partial charge is 0.314 e. The molecule has 5 nitrogen and oxygen atoms in total. The summed E-state index contributed by atoms with van der Waals surface area (Å²) in [6, 6.07) is 0. The molecule has 7 heteroatoms. The van der Waals surface area contributed by atoms with Crippen LogP contribution in [0.5, 0.6) is 0 Å². The van der Waals surface area contributed by atoms with Gasteiger partial charge in [-0.05, 0) is 12.0 Å². The Kier molecular flexibility index (Phi) is 3.99. The normalized spacial score (nSPS) is 29.4. The highest BCUT2D eigenvalue weighted by molar-refractivity contribution is 7.98. The van der Waals surface area contributed by atoms with E-state index in [4.69, 9.17) is 4.55 Å². The Morgan fingerprint density at radius 3 is 2.85 bits per heavy atom. The maximum atomic E-state index is 10.4. The average molecular weight is 227 g/mol. The first-order chi connectivity index (χ1) is 6.03. The second-order valence-corrected chi connectivity index (χ2v) is 4.89. The van der Waals surface area contributed by atoms with Gasteiger partial charge in [-0.15, -0.1) is 0 Å². The minimum atomic E-state index is -4.31. The second kappa shape index (κ2) is 4.61. The topological polar surface area (TPSA) is 75.6 Å². The lowest BCUT2D eigenvalue weighted by Gasteiger charge is -2.15. The molecule has 78 valence electrons. The molecule has 1 rings (SSSR count). The van der Waals surface area contributed by atoms with E-state index in [2.05, 4.69) is 9.50 Å². The summed E-state index contributed by atoms with van der Waals surface area (Å²) in [5.74, 6) is 0.977. The Bertz CT molecular complexity index is 253. The maximum absolute atomic E-state index is 10.4. The summed E-state index contributed by atoms with van der Waals surface area (Å²) < 4.78 is 33.9. The Balaban J connectivity index is 2.49. The highest BCUT2D eigenvalue weighted by Gasteiger charge is 2.30. The van der Waals surface area contributed by atoms with E-state index in [1.165, 1.54) is 0 Å². The van der Waals surface area contributed by atoms with Gasteiger partial charge >= 0.3 is 10.4 Å². The molecule has 1 fully saturated rings. The van der Waals surface area contributed by atoms with Crippen molar-refractivity contribution in [2.75, 3.05) is 25.1 Å². The Morgan fingerprint density at radius 1 is 1.62 bits per heavy atom. The monoisotopic (exact) mass is 227 g/mol. The molecule has 1 aliphatic rings. The molecule has 2 N–H and O–H groups in total. The fourth-order valence-corrected chi connectivity index (χ4v) is 2.66. The van der Waals surface area contributed by atoms with Crippen molar-refractivity contribution in [2.24, 2.45) is 5.92 Å². The lowest BCUT2D eigenvalue weighted by molar-refractivity contribution is 0.167. The molecular formula is C6H13NO4S2. The Morgan fingerprint density at radius 2 is 2.31 bits per heavy atom. The molecule has 0 amide bonds. The molecule has 0 aliphatic carbocycles. The first-order valence-corrected chi connectivity index (χ1v) is 6.64. The van der Waals surface area contributed by atoms with E-state index >= 15 is 0 Å². The number of hydrogen-bond donors (Lipinski definition) is 2. The van der Waals surface area contributed by atoms with Crippen LogP contribution in [0.25, 0.3) is 0 Å². The van der Waals surface area contributed by atoms with Crippen LogP contribution in [0.2, 0.25) is 0 Å². The van der Waals surface area contributed by atoms with Crippen LogP contribution < -0.4 is 5.32 Å². The molecule has 0 radical (unpaired) electrons. The van der Waals surface area contributed by atoms with Crippen LogP contribution in [0.1, 0.15) is 0 Å². The van der Waals surface area contributed by atoms with Gasteiger partial charge in [0.05, 0.1) is 6.10 Å². The fourth-order valence-electron chi connectivity index (χ4n) is 1.36. The summed E-state index contributed by atoms with van der Waals surface area (Å²) in [4.78, 5) is 0. The van der Waals surface area contributed by atoms with E-state index in [1.807, 2.05) is 6.26 Å². The van der Waals surface area contributed by atoms with E-state index in [0.717, 1.165) is 12.3 Å². The molecule has 0 aromatic heterocycles. The molecule has 2 unspecified atom stereocenters. The van der Waals surface area contributed by atoms with Crippen molar-refractivity contribution in [3.63, 3.8) is 0 Å². The lowest BCUT2D eigenvalue weighted by Crippen LogP contribution is -2.27. The molecule has 0 aromatic rings. The fraction of sp³-hybridized carbons (Fsp3) is 1.00. The second-order valence-electron chi connectivity index (χ2n) is 2.94. The van der Waals surface area contributed by atoms with Crippen LogP contribution in [-0.2, 0) is 14.6 Å². The highest BCUT2D eigenvalue weighted by atomic mass is 32.3. The number of rotatable bonds is 4. The predicted molar refractivity (Wildman–Crippen MR) is 51.2 cm³/mol. The van der Waals surface area contributed by atoms with Crippen LogP contribution >= 0.6 is 11.8 Å². The van der Waals surface area contributed by atoms with Gasteiger partial charge in [0.2, 0.25) is 0 Å². The summed E-state index contributed by atoms with van der Waals surface area (Å²) in [5.41, 5.74) is 0. The van der Waals surface area contributed by atoms with Gasteiger partial charge < -0.3 is 5.32 Å². The first kappa shape index (κ1) is 11.3. The summed E-state index contributed by atoms with van der Waals surface area (Å²) in [7, 11) is -4.31. The van der Waals surface area contributed by atoms with Crippen molar-refractivity contribution in [1.82, 2.24) is 5.32 Å². The standard InChI is InChI=1S/C6H13NO4S2/c1-12-4-5-2-7-3-6(5)11-13(8,9)10/h5-7H,2-4H2,1H3,(H,8,9,10). The summed E-state index contributed by atoms with van der Waals surface area (Å²) >= 11 is 1.63. The average Bonchev–Trinajstić information content (AvgIpc) is 2.34. The predicted octanol–water partition coefficient (Wildman–Crippen LogP) is -0.243. The van der Waals surface area contributed by atoms with Gasteiger partial charge in [0.25, 0.3) is 0 Å². The number of hydrogen-bond acceptors (Lipinski definition) is 5. The largest absolute Gasteiger partial charge is 0.397 e. The zero-order chi connectivity index (χ0) is 9.90.